The minimum Gasteiger partial charge on any atom is -0.489 e. The lowest BCUT2D eigenvalue weighted by Gasteiger charge is -2.38. The van der Waals surface area contributed by atoms with Gasteiger partial charge in [-0.25, -0.2) is 0 Å². The number of nitrogens with zero attached hydrogens (tertiary/aromatic N) is 1. The first-order valence-corrected chi connectivity index (χ1v) is 8.45. The number of anilines is 1. The molecule has 1 saturated heterocycles. The van der Waals surface area contributed by atoms with Crippen LogP contribution in [0.2, 0.25) is 0 Å². The molecule has 0 aromatic heterocycles. The molecule has 0 spiro atoms. The number of hydrogen-bond donors (Lipinski definition) is 1. The smallest absolute Gasteiger partial charge is 0.247 e. The van der Waals surface area contributed by atoms with Crippen LogP contribution in [-0.2, 0) is 4.79 Å². The maximum atomic E-state index is 12.5. The molecular formula is C19H28N2O2. The zero-order valence-electron chi connectivity index (χ0n) is 14.6. The Kier molecular flexibility index (Phi) is 5.69. The summed E-state index contributed by atoms with van der Waals surface area (Å²) in [7, 11) is 0. The van der Waals surface area contributed by atoms with E-state index in [1.807, 2.05) is 43.0 Å². The van der Waals surface area contributed by atoms with Crippen molar-refractivity contribution in [2.45, 2.75) is 65.1 Å². The first kappa shape index (κ1) is 17.4. The third-order valence-electron chi connectivity index (χ3n) is 4.26. The van der Waals surface area contributed by atoms with Gasteiger partial charge in [0.1, 0.15) is 5.75 Å². The second kappa shape index (κ2) is 7.53. The molecule has 2 N–H and O–H groups in total. The number of amides is 1. The lowest BCUT2D eigenvalue weighted by Crippen LogP contribution is -2.46. The summed E-state index contributed by atoms with van der Waals surface area (Å²) in [6.45, 7) is 8.18. The third kappa shape index (κ3) is 4.50. The largest absolute Gasteiger partial charge is 0.489 e. The molecule has 0 aliphatic carbocycles. The van der Waals surface area contributed by atoms with Crippen LogP contribution >= 0.6 is 0 Å². The molecule has 1 aliphatic rings. The Labute approximate surface area is 139 Å². The molecule has 1 amide bonds. The quantitative estimate of drug-likeness (QED) is 0.678. The highest BCUT2D eigenvalue weighted by atomic mass is 16.5. The Morgan fingerprint density at radius 1 is 1.30 bits per heavy atom. The molecule has 4 heteroatoms. The van der Waals surface area contributed by atoms with Gasteiger partial charge in [0.2, 0.25) is 5.91 Å². The number of ether oxygens (including phenoxy) is 1. The molecule has 2 unspecified atom stereocenters. The molecule has 1 fully saturated rings. The molecule has 23 heavy (non-hydrogen) atoms. The highest BCUT2D eigenvalue weighted by Gasteiger charge is 2.27. The van der Waals surface area contributed by atoms with Crippen LogP contribution in [0.4, 0.5) is 5.69 Å². The van der Waals surface area contributed by atoms with Crippen LogP contribution in [-0.4, -0.2) is 29.0 Å². The molecule has 2 atom stereocenters. The van der Waals surface area contributed by atoms with Gasteiger partial charge in [-0.2, -0.15) is 0 Å². The number of carbonyl (C=O) groups is 1. The van der Waals surface area contributed by atoms with Crippen molar-refractivity contribution in [2.24, 2.45) is 0 Å². The Morgan fingerprint density at radius 2 is 1.96 bits per heavy atom. The first-order chi connectivity index (χ1) is 10.9. The summed E-state index contributed by atoms with van der Waals surface area (Å²) in [5, 5.41) is 0. The normalized spacial score (nSPS) is 21.9. The predicted molar refractivity (Wildman–Crippen MR) is 95.3 cm³/mol. The van der Waals surface area contributed by atoms with E-state index in [-0.39, 0.29) is 12.0 Å². The van der Waals surface area contributed by atoms with Crippen molar-refractivity contribution in [1.82, 2.24) is 4.90 Å². The number of likely N-dealkylation sites (tertiary alicyclic amines) is 1. The van der Waals surface area contributed by atoms with Gasteiger partial charge in [0.15, 0.2) is 0 Å². The maximum Gasteiger partial charge on any atom is 0.247 e. The van der Waals surface area contributed by atoms with Crippen LogP contribution in [0, 0.1) is 0 Å². The minimum absolute atomic E-state index is 0.0748. The fourth-order valence-electron chi connectivity index (χ4n) is 3.14. The molecule has 1 aliphatic heterocycles. The van der Waals surface area contributed by atoms with Crippen LogP contribution in [0.15, 0.2) is 24.3 Å². The van der Waals surface area contributed by atoms with Crippen molar-refractivity contribution < 1.29 is 9.53 Å². The SMILES string of the molecule is CC(C)Oc1ccc(/C=C\C(=O)N2C(C)CCCC2C)cc1N. The van der Waals surface area contributed by atoms with Gasteiger partial charge in [-0.05, 0) is 70.7 Å². The van der Waals surface area contributed by atoms with Crippen LogP contribution in [0.1, 0.15) is 52.5 Å². The van der Waals surface area contributed by atoms with Crippen LogP contribution < -0.4 is 10.5 Å². The van der Waals surface area contributed by atoms with Crippen molar-refractivity contribution in [1.29, 1.82) is 0 Å². The monoisotopic (exact) mass is 316 g/mol. The molecule has 0 radical (unpaired) electrons. The van der Waals surface area contributed by atoms with Gasteiger partial charge in [-0.15, -0.1) is 0 Å². The molecule has 1 aromatic rings. The average Bonchev–Trinajstić information content (AvgIpc) is 2.47. The lowest BCUT2D eigenvalue weighted by molar-refractivity contribution is -0.131. The van der Waals surface area contributed by atoms with E-state index in [2.05, 4.69) is 13.8 Å². The van der Waals surface area contributed by atoms with E-state index in [9.17, 15) is 4.79 Å². The third-order valence-corrected chi connectivity index (χ3v) is 4.26. The summed E-state index contributed by atoms with van der Waals surface area (Å²) in [6.07, 6.45) is 6.92. The van der Waals surface area contributed by atoms with Crippen LogP contribution in [0.25, 0.3) is 6.08 Å². The number of nitrogens with two attached hydrogens (primary N) is 1. The van der Waals surface area contributed by atoms with E-state index < -0.39 is 0 Å². The van der Waals surface area contributed by atoms with Gasteiger partial charge in [0.05, 0.1) is 11.8 Å². The van der Waals surface area contributed by atoms with E-state index in [0.717, 1.165) is 18.4 Å². The molecule has 2 rings (SSSR count). The Morgan fingerprint density at radius 3 is 2.52 bits per heavy atom. The number of carbonyl (C=O) groups excluding carboxylic acids is 1. The summed E-state index contributed by atoms with van der Waals surface area (Å²) < 4.78 is 5.62. The van der Waals surface area contributed by atoms with Gasteiger partial charge in [0, 0.05) is 18.2 Å². The van der Waals surface area contributed by atoms with Gasteiger partial charge < -0.3 is 15.4 Å². The highest BCUT2D eigenvalue weighted by molar-refractivity contribution is 5.92. The highest BCUT2D eigenvalue weighted by Crippen LogP contribution is 2.25. The van der Waals surface area contributed by atoms with Crippen molar-refractivity contribution in [3.05, 3.63) is 29.8 Å². The van der Waals surface area contributed by atoms with Gasteiger partial charge >= 0.3 is 0 Å². The number of hydrogen-bond acceptors (Lipinski definition) is 3. The second-order valence-corrected chi connectivity index (χ2v) is 6.67. The first-order valence-electron chi connectivity index (χ1n) is 8.45. The molecule has 126 valence electrons. The van der Waals surface area contributed by atoms with Crippen LogP contribution in [0.3, 0.4) is 0 Å². The second-order valence-electron chi connectivity index (χ2n) is 6.67. The fourth-order valence-corrected chi connectivity index (χ4v) is 3.14. The van der Waals surface area contributed by atoms with E-state index in [4.69, 9.17) is 10.5 Å². The zero-order chi connectivity index (χ0) is 17.0. The van der Waals surface area contributed by atoms with Crippen molar-refractivity contribution in [3.63, 3.8) is 0 Å². The van der Waals surface area contributed by atoms with Crippen molar-refractivity contribution in [2.75, 3.05) is 5.73 Å². The van der Waals surface area contributed by atoms with E-state index in [0.29, 0.717) is 23.5 Å². The van der Waals surface area contributed by atoms with Gasteiger partial charge in [-0.1, -0.05) is 6.07 Å². The van der Waals surface area contributed by atoms with Gasteiger partial charge in [0.25, 0.3) is 0 Å². The van der Waals surface area contributed by atoms with E-state index in [1.54, 1.807) is 6.08 Å². The number of benzene rings is 1. The molecular weight excluding hydrogens is 288 g/mol. The topological polar surface area (TPSA) is 55.6 Å². The fraction of sp³-hybridized carbons (Fsp3) is 0.526. The average molecular weight is 316 g/mol. The molecule has 0 saturated carbocycles. The number of rotatable bonds is 4. The molecule has 0 bridgehead atoms. The molecule has 4 nitrogen and oxygen atoms in total. The van der Waals surface area contributed by atoms with Crippen molar-refractivity contribution in [3.8, 4) is 5.75 Å². The van der Waals surface area contributed by atoms with Crippen LogP contribution in [0.5, 0.6) is 5.75 Å². The molecule has 1 heterocycles. The lowest BCUT2D eigenvalue weighted by atomic mass is 9.97. The summed E-state index contributed by atoms with van der Waals surface area (Å²) in [4.78, 5) is 14.5. The van der Waals surface area contributed by atoms with E-state index in [1.165, 1.54) is 6.42 Å². The standard InChI is InChI=1S/C19H28N2O2/c1-13(2)23-18-10-8-16(12-17(18)20)9-11-19(22)21-14(3)6-5-7-15(21)4/h8-15H,5-7,20H2,1-4H3/b11-9-. The zero-order valence-corrected chi connectivity index (χ0v) is 14.6. The predicted octanol–water partition coefficient (Wildman–Crippen LogP) is 3.86. The van der Waals surface area contributed by atoms with Crippen molar-refractivity contribution >= 4 is 17.7 Å². The van der Waals surface area contributed by atoms with Gasteiger partial charge in [-0.3, -0.25) is 4.79 Å². The maximum absolute atomic E-state index is 12.5. The Bertz CT molecular complexity index is 571. The summed E-state index contributed by atoms with van der Waals surface area (Å²) in [5.41, 5.74) is 7.51. The number of nitrogen functional groups attached to an aromatic ring is 1. The van der Waals surface area contributed by atoms with E-state index >= 15 is 0 Å². The number of piperidine rings is 1. The summed E-state index contributed by atoms with van der Waals surface area (Å²) in [5.74, 6) is 0.757. The summed E-state index contributed by atoms with van der Waals surface area (Å²) >= 11 is 0. The minimum atomic E-state index is 0.0748. The molecule has 1 aromatic carbocycles. The Hall–Kier alpha value is -1.97. The summed E-state index contributed by atoms with van der Waals surface area (Å²) in [6, 6.07) is 6.22. The Balaban J connectivity index is 2.07.